The number of Topliss-reactive ketones (excluding diaryl/α,β-unsaturated/α-hetero) is 3. The molecule has 0 fully saturated rings. The van der Waals surface area contributed by atoms with Crippen molar-refractivity contribution in [2.45, 2.75) is 129 Å². The monoisotopic (exact) mass is 1740 g/mol. The number of pyridine rings is 3. The number of carbonyl (C=O) groups excluding carboxylic acids is 3. The molecule has 10 aromatic heterocycles. The van der Waals surface area contributed by atoms with E-state index in [2.05, 4.69) is 87.7 Å². The summed E-state index contributed by atoms with van der Waals surface area (Å²) >= 11 is 4.43. The fourth-order valence-electron chi connectivity index (χ4n) is 14.7. The molecule has 0 aliphatic carbocycles. The molecule has 0 radical (unpaired) electrons. The second-order valence-corrected chi connectivity index (χ2v) is 37.4. The fourth-order valence-corrected chi connectivity index (χ4v) is 17.7. The van der Waals surface area contributed by atoms with Gasteiger partial charge in [0.1, 0.15) is 39.7 Å². The molecule has 0 unspecified atom stereocenters. The number of ketones is 3. The van der Waals surface area contributed by atoms with Crippen molar-refractivity contribution in [2.24, 2.45) is 16.2 Å². The van der Waals surface area contributed by atoms with Gasteiger partial charge in [-0.05, 0) is 152 Å². The Morgan fingerprint density at radius 3 is 1.09 bits per heavy atom. The first-order valence-corrected chi connectivity index (χ1v) is 43.0. The molecule has 0 amide bonds. The molecule has 16 aromatic rings. The highest BCUT2D eigenvalue weighted by atomic mass is 32.1. The molecule has 0 aliphatic heterocycles. The largest absolute Gasteiger partial charge is 0.453 e. The molecule has 0 bridgehead atoms. The van der Waals surface area contributed by atoms with Gasteiger partial charge in [0.25, 0.3) is 16.7 Å². The van der Waals surface area contributed by atoms with E-state index in [-0.39, 0.29) is 103 Å². The van der Waals surface area contributed by atoms with Crippen LogP contribution < -0.4 is 41.1 Å². The minimum atomic E-state index is -0.615. The second kappa shape index (κ2) is 36.2. The fraction of sp³-hybridized carbons (Fsp3) is 0.258. The standard InChI is InChI=1S/C34H31FN4O4S.C32H33FN4O3S.C31H31FN4O3S/c1-20-31(33(41)39(23-9-7-6-8-10-23)38(20)19-34(3,4)5)27(40)16-22-11-12-28(25(35)15-22)42-29-13-14-36-26-17-30(44-32(26)29)24-18-37-43-21(24)2;1-20-29(31(39)37(22-10-8-7-9-11-22)36(20)19-32(2,3)4)25(38)17-21-12-13-26(23(33)16-21)40-27-14-15-34-24-18-28(35(5)6)41-30(24)27;1-19-28(30(38)36(21-9-7-6-8-10-21)35(19)18-31(2,3)4)24(37)16-20-11-12-25(22(32)15-20)39-26-13-14-34-23-17-27(33-5)40-29(23)26/h6-15,17-18H,16,19H2,1-5H3;7-16,18H,17,19H2,1-6H3;6-15,17,33H,16,18H2,1-5H3. The van der Waals surface area contributed by atoms with Crippen LogP contribution in [0.15, 0.2) is 226 Å². The Kier molecular flexibility index (Phi) is 25.5. The van der Waals surface area contributed by atoms with Gasteiger partial charge < -0.3 is 29.0 Å². The smallest absolute Gasteiger partial charge is 0.282 e. The minimum absolute atomic E-state index is 0.0174. The van der Waals surface area contributed by atoms with E-state index in [1.807, 2.05) is 156 Å². The Balaban J connectivity index is 0.000000153. The Labute approximate surface area is 732 Å². The molecule has 0 aliphatic rings. The first kappa shape index (κ1) is 88.0. The number of ether oxygens (including phenoxy) is 3. The number of nitrogens with one attached hydrogen (secondary N) is 1. The van der Waals surface area contributed by atoms with Crippen LogP contribution in [0.25, 0.3) is 58.2 Å². The summed E-state index contributed by atoms with van der Waals surface area (Å²) in [6.07, 6.45) is 6.15. The number of para-hydroxylation sites is 3. The number of nitrogens with zero attached hydrogens (tertiary/aromatic N) is 11. The molecule has 125 heavy (non-hydrogen) atoms. The highest BCUT2D eigenvalue weighted by Crippen LogP contribution is 2.43. The van der Waals surface area contributed by atoms with E-state index in [1.54, 1.807) is 96.0 Å². The molecule has 0 spiro atoms. The lowest BCUT2D eigenvalue weighted by Gasteiger charge is -2.23. The van der Waals surface area contributed by atoms with E-state index in [0.717, 1.165) is 45.6 Å². The third-order valence-electron chi connectivity index (χ3n) is 20.5. The van der Waals surface area contributed by atoms with Crippen LogP contribution in [-0.2, 0) is 38.9 Å². The Morgan fingerprint density at radius 1 is 0.432 bits per heavy atom. The zero-order chi connectivity index (χ0) is 89.3. The molecule has 0 saturated carbocycles. The van der Waals surface area contributed by atoms with Crippen LogP contribution in [0.5, 0.6) is 34.5 Å². The lowest BCUT2D eigenvalue weighted by Crippen LogP contribution is -2.27. The van der Waals surface area contributed by atoms with Crippen molar-refractivity contribution in [2.75, 3.05) is 31.4 Å². The zero-order valence-corrected chi connectivity index (χ0v) is 74.7. The van der Waals surface area contributed by atoms with Crippen LogP contribution in [0.4, 0.5) is 23.2 Å². The van der Waals surface area contributed by atoms with Crippen LogP contribution in [0.1, 0.15) is 133 Å². The Morgan fingerprint density at radius 2 is 0.768 bits per heavy atom. The molecule has 0 saturated heterocycles. The lowest BCUT2D eigenvalue weighted by atomic mass is 9.97. The number of benzene rings is 6. The summed E-state index contributed by atoms with van der Waals surface area (Å²) in [5.41, 5.74) is 7.04. The van der Waals surface area contributed by atoms with Crippen molar-refractivity contribution in [3.8, 4) is 62.0 Å². The van der Waals surface area contributed by atoms with E-state index in [9.17, 15) is 28.8 Å². The van der Waals surface area contributed by atoms with Crippen molar-refractivity contribution in [1.82, 2.24) is 48.2 Å². The Hall–Kier alpha value is -13.3. The molecular weight excluding hydrogens is 1650 g/mol. The van der Waals surface area contributed by atoms with Crippen LogP contribution in [-0.4, -0.2) is 86.7 Å². The Bertz CT molecular complexity index is 6930. The summed E-state index contributed by atoms with van der Waals surface area (Å²) in [6, 6.07) is 52.0. The van der Waals surface area contributed by atoms with E-state index in [1.165, 1.54) is 70.4 Å². The van der Waals surface area contributed by atoms with Gasteiger partial charge in [0.2, 0.25) is 0 Å². The highest BCUT2D eigenvalue weighted by Gasteiger charge is 2.32. The number of carbonyl (C=O) groups is 3. The summed E-state index contributed by atoms with van der Waals surface area (Å²) < 4.78 is 81.4. The average Bonchev–Trinajstić information content (AvgIpc) is 1.62. The number of aryl methyl sites for hydroxylation is 1. The molecule has 1 N–H and O–H groups in total. The topological polar surface area (TPSA) is 240 Å². The number of halogens is 3. The van der Waals surface area contributed by atoms with Gasteiger partial charge in [-0.1, -0.05) is 140 Å². The van der Waals surface area contributed by atoms with Crippen LogP contribution >= 0.6 is 34.0 Å². The van der Waals surface area contributed by atoms with Gasteiger partial charge in [0, 0.05) is 119 Å². The van der Waals surface area contributed by atoms with Crippen LogP contribution in [0.2, 0.25) is 0 Å². The molecule has 6 aromatic carbocycles. The van der Waals surface area contributed by atoms with Gasteiger partial charge in [0.05, 0.1) is 69.5 Å². The van der Waals surface area contributed by atoms with Gasteiger partial charge in [-0.25, -0.2) is 27.2 Å². The second-order valence-electron chi connectivity index (χ2n) is 34.3. The predicted octanol–water partition coefficient (Wildman–Crippen LogP) is 22.0. The van der Waals surface area contributed by atoms with E-state index in [0.29, 0.717) is 99.0 Å². The summed E-state index contributed by atoms with van der Waals surface area (Å²) in [6.45, 7) is 27.5. The van der Waals surface area contributed by atoms with E-state index >= 15 is 13.2 Å². The normalized spacial score (nSPS) is 11.7. The van der Waals surface area contributed by atoms with Crippen molar-refractivity contribution in [1.29, 1.82) is 0 Å². The molecule has 28 heteroatoms. The predicted molar refractivity (Wildman–Crippen MR) is 489 cm³/mol. The van der Waals surface area contributed by atoms with Crippen molar-refractivity contribution in [3.05, 3.63) is 312 Å². The maximum Gasteiger partial charge on any atom is 0.282 e. The molecule has 642 valence electrons. The number of aromatic nitrogens is 10. The molecule has 10 heterocycles. The zero-order valence-electron chi connectivity index (χ0n) is 72.2. The van der Waals surface area contributed by atoms with Gasteiger partial charge in [-0.15, -0.1) is 34.0 Å². The van der Waals surface area contributed by atoms with Crippen LogP contribution in [0.3, 0.4) is 0 Å². The summed E-state index contributed by atoms with van der Waals surface area (Å²) in [4.78, 5) is 97.5. The molecule has 22 nitrogen and oxygen atoms in total. The number of fused-ring (bicyclic) bond motifs is 3. The summed E-state index contributed by atoms with van der Waals surface area (Å²) in [5.74, 6) is -0.624. The van der Waals surface area contributed by atoms with E-state index < -0.39 is 17.5 Å². The summed E-state index contributed by atoms with van der Waals surface area (Å²) in [7, 11) is 5.72. The lowest BCUT2D eigenvalue weighted by molar-refractivity contribution is 0.0982. The molecule has 16 rings (SSSR count). The first-order valence-electron chi connectivity index (χ1n) is 40.5. The number of hydrogen-bond donors (Lipinski definition) is 1. The quantitative estimate of drug-likeness (QED) is 0.0553. The SMILES string of the molecule is CNc1cc2nccc(Oc3ccc(CC(=O)c4c(C)n(CC(C)(C)C)n(-c5ccccc5)c4=O)cc3F)c2s1.Cc1c(C(=O)Cc2ccc(Oc3ccnc4cc(N(C)C)sc34)c(F)c2)c(=O)n(-c2ccccc2)n1CC(C)(C)C.Cc1oncc1-c1cc2nccc(Oc3ccc(CC(=O)c4c(C)n(CC(C)(C)C)n(-c5ccccc5)c4=O)cc3F)c2s1. The van der Waals surface area contributed by atoms with Gasteiger partial charge in [-0.2, -0.15) is 0 Å². The van der Waals surface area contributed by atoms with Gasteiger partial charge >= 0.3 is 0 Å². The minimum Gasteiger partial charge on any atom is -0.453 e. The molecular formula is C97H95F3N12O10S3. The third-order valence-corrected chi connectivity index (χ3v) is 24.1. The van der Waals surface area contributed by atoms with Crippen molar-refractivity contribution >= 4 is 92.0 Å². The van der Waals surface area contributed by atoms with E-state index in [4.69, 9.17) is 18.7 Å². The third kappa shape index (κ3) is 19.5. The molecule has 0 atom stereocenters. The van der Waals surface area contributed by atoms with Crippen LogP contribution in [0, 0.1) is 61.4 Å². The number of hydrogen-bond acceptors (Lipinski definition) is 19. The highest BCUT2D eigenvalue weighted by molar-refractivity contribution is 7.23. The number of anilines is 2. The maximum absolute atomic E-state index is 15.4. The number of thiophene rings is 3. The van der Waals surface area contributed by atoms with Gasteiger partial charge in [0.15, 0.2) is 52.0 Å². The average molecular weight is 1740 g/mol. The van der Waals surface area contributed by atoms with Gasteiger partial charge in [-0.3, -0.25) is 57.8 Å². The maximum atomic E-state index is 15.4. The summed E-state index contributed by atoms with van der Waals surface area (Å²) in [5, 5.41) is 8.86. The van der Waals surface area contributed by atoms with Crippen molar-refractivity contribution < 1.29 is 46.3 Å². The first-order chi connectivity index (χ1) is 59.5. The van der Waals surface area contributed by atoms with Crippen molar-refractivity contribution in [3.63, 3.8) is 0 Å². The number of rotatable bonds is 24.